The molecule has 1 aromatic heterocycles. The van der Waals surface area contributed by atoms with Gasteiger partial charge in [0.1, 0.15) is 0 Å². The van der Waals surface area contributed by atoms with Crippen molar-refractivity contribution in [1.82, 2.24) is 4.98 Å². The van der Waals surface area contributed by atoms with Crippen LogP contribution in [0.1, 0.15) is 18.5 Å². The number of carboxylic acids is 1. The van der Waals surface area contributed by atoms with Gasteiger partial charge >= 0.3 is 5.97 Å². The molecule has 15 heavy (non-hydrogen) atoms. The number of hydrogen-bond acceptors (Lipinski definition) is 3. The van der Waals surface area contributed by atoms with Crippen molar-refractivity contribution in [3.05, 3.63) is 24.0 Å². The number of anilines is 1. The Balaban J connectivity index is 1.96. The predicted octanol–water partition coefficient (Wildman–Crippen LogP) is 1.67. The van der Waals surface area contributed by atoms with Crippen LogP contribution in [0.3, 0.4) is 0 Å². The summed E-state index contributed by atoms with van der Waals surface area (Å²) >= 11 is 0. The van der Waals surface area contributed by atoms with Crippen molar-refractivity contribution < 1.29 is 9.90 Å². The maximum Gasteiger partial charge on any atom is 0.311 e. The standard InChI is InChI=1S/C11H14N2O2/c1-8-6-9(2-5-12-8)13-7-11(3-4-11)10(14)15/h2,5-6H,3-4,7H2,1H3,(H,12,13)(H,14,15). The van der Waals surface area contributed by atoms with E-state index in [4.69, 9.17) is 5.11 Å². The van der Waals surface area contributed by atoms with Gasteiger partial charge in [0.2, 0.25) is 0 Å². The molecule has 0 atom stereocenters. The second-order valence-corrected chi connectivity index (χ2v) is 4.12. The van der Waals surface area contributed by atoms with Crippen molar-refractivity contribution in [3.8, 4) is 0 Å². The van der Waals surface area contributed by atoms with Gasteiger partial charge in [-0.1, -0.05) is 0 Å². The first-order chi connectivity index (χ1) is 7.12. The number of hydrogen-bond donors (Lipinski definition) is 2. The van der Waals surface area contributed by atoms with Gasteiger partial charge in [-0.3, -0.25) is 9.78 Å². The fourth-order valence-corrected chi connectivity index (χ4v) is 1.54. The molecule has 0 radical (unpaired) electrons. The molecule has 0 aromatic carbocycles. The van der Waals surface area contributed by atoms with Gasteiger partial charge in [-0.15, -0.1) is 0 Å². The van der Waals surface area contributed by atoms with Crippen LogP contribution in [0.4, 0.5) is 5.69 Å². The van der Waals surface area contributed by atoms with Gasteiger partial charge in [0.05, 0.1) is 5.41 Å². The Morgan fingerprint density at radius 1 is 1.67 bits per heavy atom. The largest absolute Gasteiger partial charge is 0.481 e. The molecule has 2 N–H and O–H groups in total. The van der Waals surface area contributed by atoms with Crippen LogP contribution >= 0.6 is 0 Å². The number of carbonyl (C=O) groups is 1. The molecule has 80 valence electrons. The molecule has 4 nitrogen and oxygen atoms in total. The summed E-state index contributed by atoms with van der Waals surface area (Å²) in [6.07, 6.45) is 3.27. The molecule has 0 unspecified atom stereocenters. The summed E-state index contributed by atoms with van der Waals surface area (Å²) in [5.74, 6) is -0.694. The smallest absolute Gasteiger partial charge is 0.311 e. The van der Waals surface area contributed by atoms with Crippen LogP contribution in [0.15, 0.2) is 18.3 Å². The van der Waals surface area contributed by atoms with Gasteiger partial charge in [-0.25, -0.2) is 0 Å². The van der Waals surface area contributed by atoms with E-state index in [-0.39, 0.29) is 0 Å². The third-order valence-corrected chi connectivity index (χ3v) is 2.83. The molecule has 1 aliphatic rings. The van der Waals surface area contributed by atoms with Gasteiger partial charge in [-0.05, 0) is 31.9 Å². The molecule has 1 heterocycles. The number of aromatic nitrogens is 1. The number of rotatable bonds is 4. The summed E-state index contributed by atoms with van der Waals surface area (Å²) in [6, 6.07) is 3.77. The Morgan fingerprint density at radius 3 is 2.93 bits per heavy atom. The first-order valence-electron chi connectivity index (χ1n) is 5.02. The summed E-state index contributed by atoms with van der Waals surface area (Å²) in [7, 11) is 0. The molecule has 1 saturated carbocycles. The van der Waals surface area contributed by atoms with Gasteiger partial charge in [-0.2, -0.15) is 0 Å². The third kappa shape index (κ3) is 2.09. The number of nitrogens with zero attached hydrogens (tertiary/aromatic N) is 1. The van der Waals surface area contributed by atoms with Crippen molar-refractivity contribution in [2.24, 2.45) is 5.41 Å². The predicted molar refractivity (Wildman–Crippen MR) is 56.8 cm³/mol. The van der Waals surface area contributed by atoms with Crippen LogP contribution in [0.5, 0.6) is 0 Å². The average molecular weight is 206 g/mol. The minimum absolute atomic E-state index is 0.506. The van der Waals surface area contributed by atoms with E-state index in [1.165, 1.54) is 0 Å². The third-order valence-electron chi connectivity index (χ3n) is 2.83. The number of nitrogens with one attached hydrogen (secondary N) is 1. The van der Waals surface area contributed by atoms with Crippen LogP contribution in [-0.2, 0) is 4.79 Å². The summed E-state index contributed by atoms with van der Waals surface area (Å²) in [5.41, 5.74) is 1.35. The van der Waals surface area contributed by atoms with Gasteiger partial charge in [0.25, 0.3) is 0 Å². The fraction of sp³-hybridized carbons (Fsp3) is 0.455. The molecule has 0 aliphatic heterocycles. The molecule has 0 saturated heterocycles. The lowest BCUT2D eigenvalue weighted by molar-refractivity contribution is -0.142. The van der Waals surface area contributed by atoms with E-state index >= 15 is 0 Å². The molecule has 0 amide bonds. The minimum atomic E-state index is -0.694. The molecule has 1 aromatic rings. The second kappa shape index (κ2) is 3.53. The van der Waals surface area contributed by atoms with Crippen LogP contribution in [0.25, 0.3) is 0 Å². The van der Waals surface area contributed by atoms with Crippen molar-refractivity contribution in [3.63, 3.8) is 0 Å². The highest BCUT2D eigenvalue weighted by Crippen LogP contribution is 2.45. The minimum Gasteiger partial charge on any atom is -0.481 e. The maximum atomic E-state index is 10.9. The van der Waals surface area contributed by atoms with E-state index in [0.717, 1.165) is 24.2 Å². The highest BCUT2D eigenvalue weighted by atomic mass is 16.4. The van der Waals surface area contributed by atoms with Gasteiger partial charge in [0, 0.05) is 24.1 Å². The Kier molecular flexibility index (Phi) is 2.34. The van der Waals surface area contributed by atoms with Gasteiger partial charge < -0.3 is 10.4 Å². The highest BCUT2D eigenvalue weighted by molar-refractivity contribution is 5.78. The lowest BCUT2D eigenvalue weighted by Crippen LogP contribution is -2.24. The molecule has 4 heteroatoms. The van der Waals surface area contributed by atoms with Crippen LogP contribution in [0, 0.1) is 12.3 Å². The van der Waals surface area contributed by atoms with E-state index in [2.05, 4.69) is 10.3 Å². The molecule has 0 spiro atoms. The zero-order valence-electron chi connectivity index (χ0n) is 8.66. The summed E-state index contributed by atoms with van der Waals surface area (Å²) in [6.45, 7) is 2.42. The van der Waals surface area contributed by atoms with Crippen LogP contribution in [0.2, 0.25) is 0 Å². The summed E-state index contributed by atoms with van der Waals surface area (Å²) in [4.78, 5) is 15.0. The number of aliphatic carboxylic acids is 1. The summed E-state index contributed by atoms with van der Waals surface area (Å²) < 4.78 is 0. The molecule has 0 bridgehead atoms. The topological polar surface area (TPSA) is 62.2 Å². The van der Waals surface area contributed by atoms with Gasteiger partial charge in [0.15, 0.2) is 0 Å². The number of aryl methyl sites for hydroxylation is 1. The maximum absolute atomic E-state index is 10.9. The normalized spacial score (nSPS) is 17.1. The van der Waals surface area contributed by atoms with Crippen LogP contribution < -0.4 is 5.32 Å². The molecule has 1 fully saturated rings. The second-order valence-electron chi connectivity index (χ2n) is 4.12. The molecular formula is C11H14N2O2. The van der Waals surface area contributed by atoms with Crippen molar-refractivity contribution in [2.75, 3.05) is 11.9 Å². The fourth-order valence-electron chi connectivity index (χ4n) is 1.54. The van der Waals surface area contributed by atoms with Crippen LogP contribution in [-0.4, -0.2) is 22.6 Å². The Morgan fingerprint density at radius 2 is 2.40 bits per heavy atom. The Labute approximate surface area is 88.3 Å². The van der Waals surface area contributed by atoms with E-state index in [9.17, 15) is 4.79 Å². The average Bonchev–Trinajstić information content (AvgIpc) is 2.96. The van der Waals surface area contributed by atoms with Crippen molar-refractivity contribution in [1.29, 1.82) is 0 Å². The first-order valence-corrected chi connectivity index (χ1v) is 5.02. The van der Waals surface area contributed by atoms with E-state index in [1.807, 2.05) is 19.1 Å². The Hall–Kier alpha value is -1.58. The van der Waals surface area contributed by atoms with E-state index in [0.29, 0.717) is 6.54 Å². The molecule has 1 aliphatic carbocycles. The first kappa shape index (κ1) is 9.96. The van der Waals surface area contributed by atoms with Crippen molar-refractivity contribution >= 4 is 11.7 Å². The Bertz CT molecular complexity index is 386. The zero-order chi connectivity index (χ0) is 10.9. The highest BCUT2D eigenvalue weighted by Gasteiger charge is 2.49. The lowest BCUT2D eigenvalue weighted by Gasteiger charge is -2.12. The molecule has 2 rings (SSSR count). The van der Waals surface area contributed by atoms with E-state index < -0.39 is 11.4 Å². The zero-order valence-corrected chi connectivity index (χ0v) is 8.66. The van der Waals surface area contributed by atoms with Crippen molar-refractivity contribution in [2.45, 2.75) is 19.8 Å². The number of pyridine rings is 1. The monoisotopic (exact) mass is 206 g/mol. The number of carboxylic acid groups (broad SMARTS) is 1. The summed E-state index contributed by atoms with van der Waals surface area (Å²) in [5, 5.41) is 12.1. The molecular weight excluding hydrogens is 192 g/mol. The van der Waals surface area contributed by atoms with E-state index in [1.54, 1.807) is 6.20 Å². The lowest BCUT2D eigenvalue weighted by atomic mass is 10.1. The quantitative estimate of drug-likeness (QED) is 0.786. The SMILES string of the molecule is Cc1cc(NCC2(C(=O)O)CC2)ccn1.